The predicted octanol–water partition coefficient (Wildman–Crippen LogP) is 4.05. The Hall–Kier alpha value is -3.03. The first-order chi connectivity index (χ1) is 16.0. The normalized spacial score (nSPS) is 17.3. The summed E-state index contributed by atoms with van der Waals surface area (Å²) in [4.78, 5) is 27.0. The maximum Gasteiger partial charge on any atom is 0.225 e. The minimum Gasteiger partial charge on any atom is -0.354 e. The maximum absolute atomic E-state index is 13.5. The number of benzene rings is 1. The fraction of sp³-hybridized carbons (Fsp3) is 0.520. The highest BCUT2D eigenvalue weighted by Gasteiger charge is 2.31. The molecule has 2 fully saturated rings. The van der Waals surface area contributed by atoms with Crippen molar-refractivity contribution < 1.29 is 9.18 Å². The molecule has 0 bridgehead atoms. The van der Waals surface area contributed by atoms with Gasteiger partial charge in [0.05, 0.1) is 16.8 Å². The highest BCUT2D eigenvalue weighted by Crippen LogP contribution is 2.31. The van der Waals surface area contributed by atoms with Crippen LogP contribution in [0.15, 0.2) is 24.3 Å². The summed E-state index contributed by atoms with van der Waals surface area (Å²) >= 11 is 0. The van der Waals surface area contributed by atoms with Gasteiger partial charge in [0.25, 0.3) is 0 Å². The Labute approximate surface area is 193 Å². The van der Waals surface area contributed by atoms with Crippen molar-refractivity contribution in [2.24, 2.45) is 5.92 Å². The van der Waals surface area contributed by atoms with Crippen LogP contribution in [-0.2, 0) is 11.2 Å². The lowest BCUT2D eigenvalue weighted by atomic mass is 9.84. The van der Waals surface area contributed by atoms with E-state index >= 15 is 0 Å². The molecular formula is C25H31FN6O. The van der Waals surface area contributed by atoms with Crippen LogP contribution in [0, 0.1) is 18.7 Å². The highest BCUT2D eigenvalue weighted by molar-refractivity contribution is 5.91. The summed E-state index contributed by atoms with van der Waals surface area (Å²) in [7, 11) is 0. The molecule has 1 aliphatic heterocycles. The minimum absolute atomic E-state index is 0.231. The Morgan fingerprint density at radius 2 is 1.85 bits per heavy atom. The first-order valence-corrected chi connectivity index (χ1v) is 12.1. The fourth-order valence-electron chi connectivity index (χ4n) is 4.80. The van der Waals surface area contributed by atoms with E-state index in [1.807, 2.05) is 11.8 Å². The van der Waals surface area contributed by atoms with Crippen LogP contribution in [0.3, 0.4) is 0 Å². The third-order valence-electron chi connectivity index (χ3n) is 6.84. The molecule has 8 heteroatoms. The lowest BCUT2D eigenvalue weighted by molar-refractivity contribution is -0.137. The molecule has 1 amide bonds. The van der Waals surface area contributed by atoms with E-state index in [0.29, 0.717) is 5.91 Å². The average molecular weight is 451 g/mol. The average Bonchev–Trinajstić information content (AvgIpc) is 2.94. The van der Waals surface area contributed by atoms with Crippen LogP contribution < -0.4 is 4.90 Å². The van der Waals surface area contributed by atoms with Crippen LogP contribution in [0.4, 0.5) is 10.2 Å². The third kappa shape index (κ3) is 4.18. The van der Waals surface area contributed by atoms with Crippen molar-refractivity contribution in [1.82, 2.24) is 24.6 Å². The van der Waals surface area contributed by atoms with E-state index in [1.165, 1.54) is 18.6 Å². The Kier molecular flexibility index (Phi) is 6.00. The zero-order chi connectivity index (χ0) is 22.9. The molecule has 2 aromatic heterocycles. The van der Waals surface area contributed by atoms with Crippen molar-refractivity contribution in [2.45, 2.75) is 52.4 Å². The van der Waals surface area contributed by atoms with Gasteiger partial charge < -0.3 is 9.80 Å². The number of hydrogen-bond acceptors (Lipinski definition) is 5. The largest absolute Gasteiger partial charge is 0.354 e. The number of aromatic nitrogens is 4. The number of fused-ring (bicyclic) bond motifs is 1. The Balaban J connectivity index is 1.51. The number of amides is 1. The summed E-state index contributed by atoms with van der Waals surface area (Å²) < 4.78 is 15.3. The standard InChI is InChI=1S/C25H31FN6O/c1-3-6-21-27-23(30-13-5-14-31(16-15-30)25(33)18-7-4-8-18)22-17(2)29-32(24(22)28-21)20-11-9-19(26)10-12-20/h9-12,18H,3-8,13-16H2,1-2H3. The van der Waals surface area contributed by atoms with Crippen LogP contribution in [0.2, 0.25) is 0 Å². The van der Waals surface area contributed by atoms with Gasteiger partial charge in [0.1, 0.15) is 17.5 Å². The summed E-state index contributed by atoms with van der Waals surface area (Å²) in [5.41, 5.74) is 2.37. The van der Waals surface area contributed by atoms with E-state index in [0.717, 1.165) is 92.3 Å². The van der Waals surface area contributed by atoms with Crippen LogP contribution in [0.1, 0.15) is 50.5 Å². The molecule has 1 saturated heterocycles. The van der Waals surface area contributed by atoms with Gasteiger partial charge in [-0.15, -0.1) is 0 Å². The zero-order valence-corrected chi connectivity index (χ0v) is 19.4. The van der Waals surface area contributed by atoms with Crippen LogP contribution in [0.25, 0.3) is 16.7 Å². The van der Waals surface area contributed by atoms with E-state index in [-0.39, 0.29) is 11.7 Å². The first kappa shape index (κ1) is 21.8. The lowest BCUT2D eigenvalue weighted by Crippen LogP contribution is -2.41. The minimum atomic E-state index is -0.278. The summed E-state index contributed by atoms with van der Waals surface area (Å²) in [6.07, 6.45) is 5.88. The van der Waals surface area contributed by atoms with Gasteiger partial charge in [-0.3, -0.25) is 4.79 Å². The van der Waals surface area contributed by atoms with Gasteiger partial charge in [-0.25, -0.2) is 19.0 Å². The summed E-state index contributed by atoms with van der Waals surface area (Å²) in [5, 5.41) is 5.68. The maximum atomic E-state index is 13.5. The molecule has 0 atom stereocenters. The van der Waals surface area contributed by atoms with E-state index < -0.39 is 0 Å². The lowest BCUT2D eigenvalue weighted by Gasteiger charge is -2.31. The molecule has 0 unspecified atom stereocenters. The molecule has 2 aliphatic rings. The number of carbonyl (C=O) groups excluding carboxylic acids is 1. The second kappa shape index (κ2) is 9.08. The SMILES string of the molecule is CCCc1nc(N2CCCN(C(=O)C3CCC3)CC2)c2c(C)nn(-c3ccc(F)cc3)c2n1. The molecule has 1 saturated carbocycles. The van der Waals surface area contributed by atoms with E-state index in [9.17, 15) is 9.18 Å². The highest BCUT2D eigenvalue weighted by atomic mass is 19.1. The zero-order valence-electron chi connectivity index (χ0n) is 19.4. The number of aryl methyl sites for hydroxylation is 2. The second-order valence-corrected chi connectivity index (χ2v) is 9.18. The van der Waals surface area contributed by atoms with Gasteiger partial charge in [0.2, 0.25) is 5.91 Å². The topological polar surface area (TPSA) is 67.2 Å². The van der Waals surface area contributed by atoms with Crippen LogP contribution in [0.5, 0.6) is 0 Å². The molecule has 1 aliphatic carbocycles. The summed E-state index contributed by atoms with van der Waals surface area (Å²) in [6.45, 7) is 7.19. The van der Waals surface area contributed by atoms with E-state index in [4.69, 9.17) is 15.1 Å². The molecule has 5 rings (SSSR count). The molecule has 3 heterocycles. The van der Waals surface area contributed by atoms with Crippen LogP contribution in [-0.4, -0.2) is 56.7 Å². The van der Waals surface area contributed by atoms with Gasteiger partial charge in [-0.1, -0.05) is 13.3 Å². The Bertz CT molecular complexity index is 1150. The van der Waals surface area contributed by atoms with Gasteiger partial charge in [0.15, 0.2) is 5.65 Å². The number of halogens is 1. The third-order valence-corrected chi connectivity index (χ3v) is 6.84. The first-order valence-electron chi connectivity index (χ1n) is 12.1. The Morgan fingerprint density at radius 3 is 2.55 bits per heavy atom. The molecule has 0 radical (unpaired) electrons. The molecule has 3 aromatic rings. The van der Waals surface area contributed by atoms with Crippen molar-refractivity contribution in [3.05, 3.63) is 41.6 Å². The molecule has 33 heavy (non-hydrogen) atoms. The summed E-state index contributed by atoms with van der Waals surface area (Å²) in [5.74, 6) is 1.96. The van der Waals surface area contributed by atoms with Gasteiger partial charge in [-0.2, -0.15) is 5.10 Å². The predicted molar refractivity (Wildman–Crippen MR) is 126 cm³/mol. The fourth-order valence-corrected chi connectivity index (χ4v) is 4.80. The van der Waals surface area contributed by atoms with Crippen molar-refractivity contribution in [3.63, 3.8) is 0 Å². The smallest absolute Gasteiger partial charge is 0.225 e. The number of nitrogens with zero attached hydrogens (tertiary/aromatic N) is 6. The molecule has 174 valence electrons. The Morgan fingerprint density at radius 1 is 1.06 bits per heavy atom. The van der Waals surface area contributed by atoms with Crippen molar-refractivity contribution in [1.29, 1.82) is 0 Å². The van der Waals surface area contributed by atoms with Crippen molar-refractivity contribution in [2.75, 3.05) is 31.1 Å². The monoisotopic (exact) mass is 450 g/mol. The van der Waals surface area contributed by atoms with Gasteiger partial charge in [-0.05, 0) is 56.9 Å². The number of anilines is 1. The van der Waals surface area contributed by atoms with Gasteiger partial charge in [0, 0.05) is 38.5 Å². The number of hydrogen-bond donors (Lipinski definition) is 0. The molecule has 7 nitrogen and oxygen atoms in total. The quantitative estimate of drug-likeness (QED) is 0.587. The van der Waals surface area contributed by atoms with E-state index in [1.54, 1.807) is 16.8 Å². The molecular weight excluding hydrogens is 419 g/mol. The van der Waals surface area contributed by atoms with E-state index in [2.05, 4.69) is 11.8 Å². The van der Waals surface area contributed by atoms with Crippen molar-refractivity contribution >= 4 is 22.8 Å². The van der Waals surface area contributed by atoms with Crippen LogP contribution >= 0.6 is 0 Å². The van der Waals surface area contributed by atoms with Crippen molar-refractivity contribution in [3.8, 4) is 5.69 Å². The molecule has 0 spiro atoms. The number of rotatable bonds is 5. The summed E-state index contributed by atoms with van der Waals surface area (Å²) in [6, 6.07) is 6.32. The molecule has 1 aromatic carbocycles. The number of carbonyl (C=O) groups is 1. The van der Waals surface area contributed by atoms with Gasteiger partial charge >= 0.3 is 0 Å². The second-order valence-electron chi connectivity index (χ2n) is 9.18. The molecule has 0 N–H and O–H groups in total.